The van der Waals surface area contributed by atoms with Crippen LogP contribution in [-0.4, -0.2) is 24.5 Å². The highest BCUT2D eigenvalue weighted by molar-refractivity contribution is 5.83. The van der Waals surface area contributed by atoms with Crippen molar-refractivity contribution in [1.82, 2.24) is 0 Å². The first-order valence-corrected chi connectivity index (χ1v) is 4.37. The van der Waals surface area contributed by atoms with Crippen molar-refractivity contribution in [3.63, 3.8) is 0 Å². The number of aldehydes is 1. The van der Waals surface area contributed by atoms with Crippen LogP contribution in [0.4, 0.5) is 0 Å². The largest absolute Gasteiger partial charge is 0.504 e. The van der Waals surface area contributed by atoms with Crippen LogP contribution in [0.3, 0.4) is 0 Å². The van der Waals surface area contributed by atoms with Crippen LogP contribution in [0, 0.1) is 17.3 Å². The molecule has 4 nitrogen and oxygen atoms in total. The fourth-order valence-corrected chi connectivity index (χ4v) is 2.03. The van der Waals surface area contributed by atoms with Gasteiger partial charge in [-0.2, -0.15) is 0 Å². The standard InChI is InChI=1S/C10H14O4/c1-10(2)7(8(10)9(12)13)6(4-11)5-14-3/h4-5,7-8H,1-3H3,(H,12,13)/b6-5-/t7-,8+/m1/s1. The molecule has 0 aromatic carbocycles. The summed E-state index contributed by atoms with van der Waals surface area (Å²) in [6, 6.07) is 0. The van der Waals surface area contributed by atoms with Crippen LogP contribution < -0.4 is 0 Å². The third-order valence-electron chi connectivity index (χ3n) is 2.84. The molecule has 1 aliphatic carbocycles. The number of aliphatic carboxylic acids is 1. The van der Waals surface area contributed by atoms with Crippen molar-refractivity contribution in [2.45, 2.75) is 13.8 Å². The van der Waals surface area contributed by atoms with Gasteiger partial charge in [0.1, 0.15) is 6.29 Å². The van der Waals surface area contributed by atoms with Crippen LogP contribution in [0.2, 0.25) is 0 Å². The Balaban J connectivity index is 2.86. The molecular formula is C10H14O4. The monoisotopic (exact) mass is 198 g/mol. The maximum absolute atomic E-state index is 10.8. The summed E-state index contributed by atoms with van der Waals surface area (Å²) in [5, 5.41) is 8.89. The fraction of sp³-hybridized carbons (Fsp3) is 0.600. The van der Waals surface area contributed by atoms with Gasteiger partial charge in [0, 0.05) is 11.5 Å². The highest BCUT2D eigenvalue weighted by atomic mass is 16.5. The Morgan fingerprint density at radius 2 is 2.00 bits per heavy atom. The molecule has 1 rings (SSSR count). The number of carbonyl (C=O) groups is 2. The van der Waals surface area contributed by atoms with Gasteiger partial charge in [-0.25, -0.2) is 0 Å². The summed E-state index contributed by atoms with van der Waals surface area (Å²) in [7, 11) is 1.44. The molecule has 1 saturated carbocycles. The topological polar surface area (TPSA) is 63.6 Å². The van der Waals surface area contributed by atoms with Crippen LogP contribution in [0.5, 0.6) is 0 Å². The number of carbonyl (C=O) groups excluding carboxylic acids is 1. The van der Waals surface area contributed by atoms with Crippen molar-refractivity contribution in [1.29, 1.82) is 0 Å². The van der Waals surface area contributed by atoms with Gasteiger partial charge in [0.05, 0.1) is 19.3 Å². The minimum absolute atomic E-state index is 0.225. The van der Waals surface area contributed by atoms with Crippen molar-refractivity contribution in [3.05, 3.63) is 11.8 Å². The summed E-state index contributed by atoms with van der Waals surface area (Å²) in [6.45, 7) is 3.67. The predicted octanol–water partition coefficient (Wildman–Crippen LogP) is 1.07. The Hall–Kier alpha value is -1.32. The number of ether oxygens (including phenoxy) is 1. The van der Waals surface area contributed by atoms with Crippen LogP contribution in [0.1, 0.15) is 13.8 Å². The van der Waals surface area contributed by atoms with E-state index in [2.05, 4.69) is 0 Å². The molecular weight excluding hydrogens is 184 g/mol. The molecule has 0 aromatic heterocycles. The molecule has 2 atom stereocenters. The minimum atomic E-state index is -0.858. The highest BCUT2D eigenvalue weighted by Gasteiger charge is 2.63. The molecule has 0 amide bonds. The SMILES string of the molecule is CO/C=C(/C=O)[C@@H]1[C@@H](C(=O)O)C1(C)C. The number of methoxy groups -OCH3 is 1. The number of carboxylic acids is 1. The van der Waals surface area contributed by atoms with Crippen molar-refractivity contribution >= 4 is 12.3 Å². The van der Waals surface area contributed by atoms with E-state index < -0.39 is 11.9 Å². The van der Waals surface area contributed by atoms with Crippen LogP contribution in [0.25, 0.3) is 0 Å². The number of allylic oxidation sites excluding steroid dienone is 1. The fourth-order valence-electron chi connectivity index (χ4n) is 2.03. The molecule has 14 heavy (non-hydrogen) atoms. The molecule has 4 heteroatoms. The Labute approximate surface area is 82.6 Å². The van der Waals surface area contributed by atoms with Gasteiger partial charge in [0.15, 0.2) is 0 Å². The zero-order chi connectivity index (χ0) is 10.9. The first-order valence-electron chi connectivity index (χ1n) is 4.37. The maximum Gasteiger partial charge on any atom is 0.307 e. The molecule has 0 bridgehead atoms. The second kappa shape index (κ2) is 3.44. The van der Waals surface area contributed by atoms with E-state index in [1.165, 1.54) is 13.4 Å². The molecule has 1 aliphatic rings. The summed E-state index contributed by atoms with van der Waals surface area (Å²) in [6.07, 6.45) is 1.99. The number of carboxylic acid groups (broad SMARTS) is 1. The van der Waals surface area contributed by atoms with Crippen molar-refractivity contribution in [2.24, 2.45) is 17.3 Å². The lowest BCUT2D eigenvalue weighted by Gasteiger charge is -2.00. The van der Waals surface area contributed by atoms with E-state index in [1.807, 2.05) is 13.8 Å². The molecule has 0 aromatic rings. The van der Waals surface area contributed by atoms with Crippen molar-refractivity contribution in [3.8, 4) is 0 Å². The van der Waals surface area contributed by atoms with Gasteiger partial charge in [0.25, 0.3) is 0 Å². The molecule has 0 aliphatic heterocycles. The normalized spacial score (nSPS) is 29.5. The predicted molar refractivity (Wildman–Crippen MR) is 49.6 cm³/mol. The molecule has 0 saturated heterocycles. The lowest BCUT2D eigenvalue weighted by atomic mass is 10.1. The number of hydrogen-bond acceptors (Lipinski definition) is 3. The first-order chi connectivity index (χ1) is 6.46. The summed E-state index contributed by atoms with van der Waals surface area (Å²) in [5.41, 5.74) is 0.0711. The third kappa shape index (κ3) is 1.52. The zero-order valence-electron chi connectivity index (χ0n) is 8.48. The van der Waals surface area contributed by atoms with Crippen LogP contribution in [-0.2, 0) is 14.3 Å². The van der Waals surface area contributed by atoms with E-state index >= 15 is 0 Å². The second-order valence-corrected chi connectivity index (χ2v) is 4.09. The quantitative estimate of drug-likeness (QED) is 0.417. The van der Waals surface area contributed by atoms with E-state index in [9.17, 15) is 9.59 Å². The van der Waals surface area contributed by atoms with Gasteiger partial charge < -0.3 is 9.84 Å². The Bertz CT molecular complexity index is 290. The van der Waals surface area contributed by atoms with Gasteiger partial charge in [-0.05, 0) is 5.41 Å². The summed E-state index contributed by atoms with van der Waals surface area (Å²) in [5.74, 6) is -1.56. The molecule has 0 unspecified atom stereocenters. The van der Waals surface area contributed by atoms with Crippen LogP contribution >= 0.6 is 0 Å². The van der Waals surface area contributed by atoms with E-state index in [-0.39, 0.29) is 11.3 Å². The lowest BCUT2D eigenvalue weighted by Crippen LogP contribution is -2.03. The van der Waals surface area contributed by atoms with E-state index in [1.54, 1.807) is 0 Å². The Kier molecular flexibility index (Phi) is 2.64. The number of rotatable bonds is 4. The van der Waals surface area contributed by atoms with Crippen molar-refractivity contribution in [2.75, 3.05) is 7.11 Å². The molecule has 0 spiro atoms. The summed E-state index contributed by atoms with van der Waals surface area (Å²) in [4.78, 5) is 21.5. The van der Waals surface area contributed by atoms with Gasteiger partial charge in [-0.15, -0.1) is 0 Å². The van der Waals surface area contributed by atoms with E-state index in [4.69, 9.17) is 9.84 Å². The Morgan fingerprint density at radius 1 is 1.43 bits per heavy atom. The first kappa shape index (κ1) is 10.8. The third-order valence-corrected chi connectivity index (χ3v) is 2.84. The van der Waals surface area contributed by atoms with Gasteiger partial charge >= 0.3 is 5.97 Å². The molecule has 1 fully saturated rings. The highest BCUT2D eigenvalue weighted by Crippen LogP contribution is 2.61. The number of hydrogen-bond donors (Lipinski definition) is 1. The van der Waals surface area contributed by atoms with Crippen molar-refractivity contribution < 1.29 is 19.4 Å². The van der Waals surface area contributed by atoms with Gasteiger partial charge in [-0.1, -0.05) is 13.8 Å². The summed E-state index contributed by atoms with van der Waals surface area (Å²) >= 11 is 0. The smallest absolute Gasteiger partial charge is 0.307 e. The second-order valence-electron chi connectivity index (χ2n) is 4.09. The minimum Gasteiger partial charge on any atom is -0.504 e. The Morgan fingerprint density at radius 3 is 2.29 bits per heavy atom. The molecule has 78 valence electrons. The lowest BCUT2D eigenvalue weighted by molar-refractivity contribution is -0.139. The van der Waals surface area contributed by atoms with E-state index in [0.717, 1.165) is 0 Å². The molecule has 0 radical (unpaired) electrons. The summed E-state index contributed by atoms with van der Waals surface area (Å²) < 4.78 is 4.73. The molecule has 1 N–H and O–H groups in total. The maximum atomic E-state index is 10.8. The van der Waals surface area contributed by atoms with E-state index in [0.29, 0.717) is 11.9 Å². The zero-order valence-corrected chi connectivity index (χ0v) is 8.48. The van der Waals surface area contributed by atoms with Crippen LogP contribution in [0.15, 0.2) is 11.8 Å². The molecule has 0 heterocycles. The average Bonchev–Trinajstić information content (AvgIpc) is 2.65. The van der Waals surface area contributed by atoms with Gasteiger partial charge in [0.2, 0.25) is 0 Å². The van der Waals surface area contributed by atoms with Gasteiger partial charge in [-0.3, -0.25) is 9.59 Å². The average molecular weight is 198 g/mol.